The molecule has 0 saturated heterocycles. The first-order chi connectivity index (χ1) is 14.5. The van der Waals surface area contributed by atoms with Gasteiger partial charge in [-0.25, -0.2) is 14.8 Å². The lowest BCUT2D eigenvalue weighted by Crippen LogP contribution is -2.54. The van der Waals surface area contributed by atoms with Crippen molar-refractivity contribution in [1.29, 1.82) is 0 Å². The van der Waals surface area contributed by atoms with Gasteiger partial charge < -0.3 is 16.4 Å². The molecule has 2 saturated carbocycles. The van der Waals surface area contributed by atoms with Crippen LogP contribution in [0.25, 0.3) is 0 Å². The number of hydrogen-bond acceptors (Lipinski definition) is 7. The maximum absolute atomic E-state index is 14.5. The molecule has 6 N–H and O–H groups in total. The standard InChI is InChI=1S/C20H22FN7O2/c21-13-8-23-20-24-11-3-1-2-9(4-11)5-15(29)28-27-14-7-10-6-12(14)17(16(10)18(22)30)25-19(13)26-20/h1-4,8,10,12,14,16-17,27H,5-7H2,(H2,22,30)(H,28,29)(H2,23,24,25,26)/t10-,12-,14?,16+,17-/m1/s1. The van der Waals surface area contributed by atoms with Gasteiger partial charge in [-0.3, -0.25) is 15.0 Å². The van der Waals surface area contributed by atoms with Gasteiger partial charge in [-0.15, -0.1) is 0 Å². The number of nitrogens with zero attached hydrogens (tertiary/aromatic N) is 2. The van der Waals surface area contributed by atoms with Crippen molar-refractivity contribution in [2.24, 2.45) is 23.5 Å². The molecular formula is C20H22FN7O2. The molecule has 2 fully saturated rings. The van der Waals surface area contributed by atoms with Gasteiger partial charge in [0.2, 0.25) is 17.8 Å². The minimum atomic E-state index is -0.609. The van der Waals surface area contributed by atoms with Crippen LogP contribution in [0.3, 0.4) is 0 Å². The molecule has 2 aromatic rings. The molecule has 1 unspecified atom stereocenters. The highest BCUT2D eigenvalue weighted by atomic mass is 19.1. The third kappa shape index (κ3) is 3.32. The molecular weight excluding hydrogens is 389 g/mol. The zero-order valence-electron chi connectivity index (χ0n) is 16.1. The highest BCUT2D eigenvalue weighted by Crippen LogP contribution is 2.49. The molecule has 2 amide bonds. The summed E-state index contributed by atoms with van der Waals surface area (Å²) in [5, 5.41) is 6.15. The van der Waals surface area contributed by atoms with E-state index in [1.54, 1.807) is 0 Å². The molecule has 1 aromatic carbocycles. The summed E-state index contributed by atoms with van der Waals surface area (Å²) in [6.07, 6.45) is 2.76. The molecule has 10 heteroatoms. The molecule has 0 spiro atoms. The molecule has 5 atom stereocenters. The van der Waals surface area contributed by atoms with E-state index in [9.17, 15) is 14.0 Å². The van der Waals surface area contributed by atoms with E-state index < -0.39 is 17.6 Å². The summed E-state index contributed by atoms with van der Waals surface area (Å²) >= 11 is 0. The minimum Gasteiger partial charge on any atom is -0.369 e. The van der Waals surface area contributed by atoms with Gasteiger partial charge >= 0.3 is 0 Å². The van der Waals surface area contributed by atoms with Crippen molar-refractivity contribution < 1.29 is 14.0 Å². The fourth-order valence-corrected chi connectivity index (χ4v) is 5.11. The van der Waals surface area contributed by atoms with Crippen LogP contribution in [0, 0.1) is 23.6 Å². The number of nitrogens with one attached hydrogen (secondary N) is 4. The Hall–Kier alpha value is -3.27. The summed E-state index contributed by atoms with van der Waals surface area (Å²) in [6.45, 7) is 0. The number of primary amides is 1. The van der Waals surface area contributed by atoms with Crippen LogP contribution in [-0.2, 0) is 16.0 Å². The first-order valence-electron chi connectivity index (χ1n) is 9.96. The van der Waals surface area contributed by atoms with Gasteiger partial charge in [-0.2, -0.15) is 4.98 Å². The number of fused-ring (bicyclic) bond motifs is 5. The largest absolute Gasteiger partial charge is 0.369 e. The summed E-state index contributed by atoms with van der Waals surface area (Å²) in [6, 6.07) is 6.86. The molecule has 6 bridgehead atoms. The van der Waals surface area contributed by atoms with Crippen molar-refractivity contribution in [1.82, 2.24) is 20.8 Å². The van der Waals surface area contributed by atoms with Gasteiger partial charge in [0.05, 0.1) is 18.5 Å². The van der Waals surface area contributed by atoms with Crippen LogP contribution in [-0.4, -0.2) is 33.9 Å². The van der Waals surface area contributed by atoms with Gasteiger partial charge in [-0.1, -0.05) is 12.1 Å². The summed E-state index contributed by atoms with van der Waals surface area (Å²) in [7, 11) is 0. The van der Waals surface area contributed by atoms with Crippen LogP contribution in [0.1, 0.15) is 18.4 Å². The van der Waals surface area contributed by atoms with Crippen molar-refractivity contribution in [3.05, 3.63) is 41.8 Å². The van der Waals surface area contributed by atoms with E-state index in [1.807, 2.05) is 24.3 Å². The SMILES string of the molecule is NC(=O)[C@H]1[C@H]2CC3NNC(=O)Cc4cccc(c4)Nc4ncc(F)c(n4)N[C@@H]1[C@@H]3C2. The smallest absolute Gasteiger partial charge is 0.238 e. The first kappa shape index (κ1) is 18.7. The average molecular weight is 411 g/mol. The maximum atomic E-state index is 14.5. The van der Waals surface area contributed by atoms with Crippen LogP contribution >= 0.6 is 0 Å². The van der Waals surface area contributed by atoms with E-state index in [1.165, 1.54) is 0 Å². The molecule has 5 rings (SSSR count). The predicted molar refractivity (Wildman–Crippen MR) is 107 cm³/mol. The Morgan fingerprint density at radius 3 is 2.97 bits per heavy atom. The lowest BCUT2D eigenvalue weighted by atomic mass is 9.81. The van der Waals surface area contributed by atoms with Gasteiger partial charge in [0.25, 0.3) is 0 Å². The number of anilines is 3. The molecule has 3 aliphatic rings. The van der Waals surface area contributed by atoms with E-state index >= 15 is 0 Å². The van der Waals surface area contributed by atoms with Crippen molar-refractivity contribution in [3.63, 3.8) is 0 Å². The number of hydrogen-bond donors (Lipinski definition) is 5. The Kier molecular flexibility index (Phi) is 4.50. The third-order valence-corrected chi connectivity index (χ3v) is 6.33. The highest BCUT2D eigenvalue weighted by Gasteiger charge is 2.55. The topological polar surface area (TPSA) is 134 Å². The Morgan fingerprint density at radius 2 is 2.13 bits per heavy atom. The Morgan fingerprint density at radius 1 is 1.27 bits per heavy atom. The number of rotatable bonds is 1. The lowest BCUT2D eigenvalue weighted by molar-refractivity contribution is -0.124. The number of halogens is 1. The monoisotopic (exact) mass is 411 g/mol. The summed E-state index contributed by atoms with van der Waals surface area (Å²) in [5.74, 6) is -1.33. The molecule has 1 aromatic heterocycles. The van der Waals surface area contributed by atoms with Crippen LogP contribution in [0.15, 0.2) is 30.5 Å². The number of carbonyl (C=O) groups is 2. The summed E-state index contributed by atoms with van der Waals surface area (Å²) in [4.78, 5) is 32.8. The van der Waals surface area contributed by atoms with Crippen LogP contribution in [0.2, 0.25) is 0 Å². The second-order valence-electron chi connectivity index (χ2n) is 8.18. The fraction of sp³-hybridized carbons (Fsp3) is 0.400. The molecule has 0 radical (unpaired) electrons. The number of benzene rings is 1. The summed E-state index contributed by atoms with van der Waals surface area (Å²) < 4.78 is 14.5. The van der Waals surface area contributed by atoms with Gasteiger partial charge in [0, 0.05) is 17.8 Å². The van der Waals surface area contributed by atoms with Crippen LogP contribution in [0.5, 0.6) is 0 Å². The number of aromatic nitrogens is 2. The molecule has 156 valence electrons. The van der Waals surface area contributed by atoms with Gasteiger partial charge in [-0.05, 0) is 42.4 Å². The number of amides is 2. The normalized spacial score (nSPS) is 29.8. The van der Waals surface area contributed by atoms with Crippen molar-refractivity contribution >= 4 is 29.3 Å². The summed E-state index contributed by atoms with van der Waals surface area (Å²) in [5.41, 5.74) is 13.1. The van der Waals surface area contributed by atoms with Crippen LogP contribution < -0.4 is 27.2 Å². The maximum Gasteiger partial charge on any atom is 0.238 e. The van der Waals surface area contributed by atoms with Crippen molar-refractivity contribution in [3.8, 4) is 0 Å². The second-order valence-corrected chi connectivity index (χ2v) is 8.18. The van der Waals surface area contributed by atoms with E-state index in [-0.39, 0.29) is 48.0 Å². The average Bonchev–Trinajstić information content (AvgIpc) is 3.27. The highest BCUT2D eigenvalue weighted by molar-refractivity contribution is 5.80. The molecule has 30 heavy (non-hydrogen) atoms. The molecule has 2 heterocycles. The minimum absolute atomic E-state index is 0.00949. The van der Waals surface area contributed by atoms with E-state index in [2.05, 4.69) is 31.5 Å². The Bertz CT molecular complexity index is 1020. The predicted octanol–water partition coefficient (Wildman–Crippen LogP) is 0.827. The molecule has 2 aliphatic carbocycles. The van der Waals surface area contributed by atoms with Gasteiger partial charge in [0.15, 0.2) is 11.6 Å². The fourth-order valence-electron chi connectivity index (χ4n) is 5.11. The van der Waals surface area contributed by atoms with E-state index in [0.29, 0.717) is 12.1 Å². The zero-order chi connectivity index (χ0) is 20.8. The second kappa shape index (κ2) is 7.21. The van der Waals surface area contributed by atoms with Crippen molar-refractivity contribution in [2.45, 2.75) is 31.3 Å². The number of hydrazine groups is 1. The van der Waals surface area contributed by atoms with Crippen LogP contribution in [0.4, 0.5) is 21.8 Å². The molecule has 1 aliphatic heterocycles. The quantitative estimate of drug-likeness (QED) is 0.469. The van der Waals surface area contributed by atoms with E-state index in [4.69, 9.17) is 5.73 Å². The molecule has 9 nitrogen and oxygen atoms in total. The number of nitrogens with two attached hydrogens (primary N) is 1. The Labute approximate surface area is 172 Å². The van der Waals surface area contributed by atoms with E-state index in [0.717, 1.165) is 18.2 Å². The number of carbonyl (C=O) groups excluding carboxylic acids is 2. The first-order valence-corrected chi connectivity index (χ1v) is 9.96. The van der Waals surface area contributed by atoms with Crippen molar-refractivity contribution in [2.75, 3.05) is 10.6 Å². The third-order valence-electron chi connectivity index (χ3n) is 6.33. The zero-order valence-corrected chi connectivity index (χ0v) is 16.1. The Balaban J connectivity index is 1.53. The lowest BCUT2D eigenvalue weighted by Gasteiger charge is -2.35. The van der Waals surface area contributed by atoms with Gasteiger partial charge in [0.1, 0.15) is 0 Å².